The number of nitrogens with zero attached hydrogens (tertiary/aromatic N) is 3. The number of hydrogen-bond donors (Lipinski definition) is 3. The fraction of sp³-hybridized carbons (Fsp3) is 0.643. The number of aliphatic hydroxyl groups is 1. The first-order valence-corrected chi connectivity index (χ1v) is 8.29. The zero-order chi connectivity index (χ0) is 15.1. The Morgan fingerprint density at radius 1 is 1.41 bits per heavy atom. The zero-order valence-electron chi connectivity index (χ0n) is 13.0. The van der Waals surface area contributed by atoms with Crippen LogP contribution < -0.4 is 10.6 Å². The quantitative estimate of drug-likeness (QED) is 0.513. The van der Waals surface area contributed by atoms with Crippen LogP contribution in [0.25, 0.3) is 0 Å². The first kappa shape index (κ1) is 19.2. The molecule has 2 heterocycles. The smallest absolute Gasteiger partial charge is 0.191 e. The van der Waals surface area contributed by atoms with Crippen molar-refractivity contribution in [1.82, 2.24) is 20.6 Å². The van der Waals surface area contributed by atoms with E-state index in [1.807, 2.05) is 19.3 Å². The zero-order valence-corrected chi connectivity index (χ0v) is 15.5. The molecule has 0 aromatic carbocycles. The third kappa shape index (κ3) is 6.10. The first-order valence-electron chi connectivity index (χ1n) is 7.13. The van der Waals surface area contributed by atoms with Crippen LogP contribution >= 0.6 is 28.7 Å². The number of aliphatic imine (C=N–C) groups is 1. The Labute approximate surface area is 146 Å². The highest BCUT2D eigenvalue weighted by Gasteiger charge is 2.31. The molecule has 0 radical (unpaired) electrons. The van der Waals surface area contributed by atoms with Crippen molar-refractivity contribution in [3.05, 3.63) is 23.8 Å². The Hall–Kier alpha value is -0.860. The van der Waals surface area contributed by atoms with Gasteiger partial charge in [-0.3, -0.25) is 4.99 Å². The van der Waals surface area contributed by atoms with E-state index in [-0.39, 0.29) is 17.0 Å². The molecule has 1 fully saturated rings. The van der Waals surface area contributed by atoms with Gasteiger partial charge in [0.05, 0.1) is 5.60 Å². The standard InChI is InChI=1S/C14H23N5OS.BrH/c1-11-7-17-12(18-8-11)3-5-16-13(15-2)19-9-14(20)4-6-21-10-14;/h7-8,20H,3-6,9-10H2,1-2H3,(H2,15,16,19);1H. The average Bonchev–Trinajstić information content (AvgIpc) is 2.92. The van der Waals surface area contributed by atoms with Gasteiger partial charge in [-0.25, -0.2) is 9.97 Å². The third-order valence-electron chi connectivity index (χ3n) is 3.37. The molecule has 1 aliphatic rings. The molecule has 1 unspecified atom stereocenters. The minimum Gasteiger partial charge on any atom is -0.387 e. The molecule has 0 amide bonds. The number of hydrogen-bond acceptors (Lipinski definition) is 5. The molecule has 6 nitrogen and oxygen atoms in total. The van der Waals surface area contributed by atoms with Crippen molar-refractivity contribution in [3.8, 4) is 0 Å². The maximum atomic E-state index is 10.3. The van der Waals surface area contributed by atoms with E-state index in [0.29, 0.717) is 19.0 Å². The van der Waals surface area contributed by atoms with Crippen molar-refractivity contribution in [2.45, 2.75) is 25.4 Å². The summed E-state index contributed by atoms with van der Waals surface area (Å²) >= 11 is 1.79. The maximum absolute atomic E-state index is 10.3. The molecule has 0 saturated carbocycles. The predicted octanol–water partition coefficient (Wildman–Crippen LogP) is 0.938. The average molecular weight is 390 g/mol. The third-order valence-corrected chi connectivity index (χ3v) is 4.60. The molecule has 22 heavy (non-hydrogen) atoms. The SMILES string of the molecule is Br.CN=C(NCCc1ncc(C)cn1)NCC1(O)CCSC1. The number of nitrogens with one attached hydrogen (secondary N) is 2. The van der Waals surface area contributed by atoms with Gasteiger partial charge in [-0.1, -0.05) is 0 Å². The molecule has 1 saturated heterocycles. The van der Waals surface area contributed by atoms with Crippen LogP contribution in [0.1, 0.15) is 17.8 Å². The summed E-state index contributed by atoms with van der Waals surface area (Å²) in [7, 11) is 1.73. The van der Waals surface area contributed by atoms with E-state index in [9.17, 15) is 5.11 Å². The minimum atomic E-state index is -0.609. The summed E-state index contributed by atoms with van der Waals surface area (Å²) in [6.45, 7) is 3.20. The number of aromatic nitrogens is 2. The monoisotopic (exact) mass is 389 g/mol. The predicted molar refractivity (Wildman–Crippen MR) is 97.1 cm³/mol. The van der Waals surface area contributed by atoms with E-state index in [1.54, 1.807) is 18.8 Å². The van der Waals surface area contributed by atoms with Gasteiger partial charge in [-0.15, -0.1) is 17.0 Å². The van der Waals surface area contributed by atoms with E-state index < -0.39 is 5.60 Å². The van der Waals surface area contributed by atoms with Crippen molar-refractivity contribution >= 4 is 34.7 Å². The van der Waals surface area contributed by atoms with Gasteiger partial charge in [0.15, 0.2) is 5.96 Å². The van der Waals surface area contributed by atoms with Crippen LogP contribution in [0.5, 0.6) is 0 Å². The Kier molecular flexibility index (Phi) is 8.13. The van der Waals surface area contributed by atoms with Gasteiger partial charge in [-0.2, -0.15) is 11.8 Å². The number of thioether (sulfide) groups is 1. The molecule has 1 aliphatic heterocycles. The van der Waals surface area contributed by atoms with Gasteiger partial charge in [-0.05, 0) is 24.7 Å². The van der Waals surface area contributed by atoms with E-state index in [0.717, 1.165) is 35.7 Å². The molecule has 1 aromatic heterocycles. The molecular formula is C14H24BrN5OS. The highest BCUT2D eigenvalue weighted by atomic mass is 79.9. The summed E-state index contributed by atoms with van der Waals surface area (Å²) in [4.78, 5) is 12.7. The van der Waals surface area contributed by atoms with Gasteiger partial charge in [0.2, 0.25) is 0 Å². The maximum Gasteiger partial charge on any atom is 0.191 e. The number of rotatable bonds is 5. The fourth-order valence-electron chi connectivity index (χ4n) is 2.05. The number of guanidine groups is 1. The molecule has 0 spiro atoms. The molecule has 3 N–H and O–H groups in total. The number of aryl methyl sites for hydroxylation is 1. The van der Waals surface area contributed by atoms with Crippen molar-refractivity contribution < 1.29 is 5.11 Å². The second-order valence-corrected chi connectivity index (χ2v) is 6.41. The fourth-order valence-corrected chi connectivity index (χ4v) is 3.34. The lowest BCUT2D eigenvalue weighted by atomic mass is 10.0. The molecule has 1 aromatic rings. The topological polar surface area (TPSA) is 82.4 Å². The Balaban J connectivity index is 0.00000242. The van der Waals surface area contributed by atoms with E-state index in [1.165, 1.54) is 0 Å². The molecule has 0 aliphatic carbocycles. The Bertz CT molecular complexity index is 477. The van der Waals surface area contributed by atoms with Crippen molar-refractivity contribution in [1.29, 1.82) is 0 Å². The largest absolute Gasteiger partial charge is 0.387 e. The minimum absolute atomic E-state index is 0. The van der Waals surface area contributed by atoms with Gasteiger partial charge in [0.1, 0.15) is 5.82 Å². The van der Waals surface area contributed by atoms with E-state index >= 15 is 0 Å². The van der Waals surface area contributed by atoms with Crippen LogP contribution in [0.4, 0.5) is 0 Å². The normalized spacial score (nSPS) is 21.3. The van der Waals surface area contributed by atoms with Gasteiger partial charge in [0, 0.05) is 44.7 Å². The first-order chi connectivity index (χ1) is 10.1. The van der Waals surface area contributed by atoms with Crippen LogP contribution in [-0.4, -0.2) is 58.3 Å². The van der Waals surface area contributed by atoms with Gasteiger partial charge >= 0.3 is 0 Å². The highest BCUT2D eigenvalue weighted by molar-refractivity contribution is 8.93. The molecule has 2 rings (SSSR count). The Morgan fingerprint density at radius 3 is 2.73 bits per heavy atom. The van der Waals surface area contributed by atoms with Crippen molar-refractivity contribution in [2.24, 2.45) is 4.99 Å². The molecule has 1 atom stereocenters. The van der Waals surface area contributed by atoms with Gasteiger partial charge in [0.25, 0.3) is 0 Å². The van der Waals surface area contributed by atoms with E-state index in [2.05, 4.69) is 25.6 Å². The van der Waals surface area contributed by atoms with Crippen LogP contribution in [0.2, 0.25) is 0 Å². The summed E-state index contributed by atoms with van der Waals surface area (Å²) in [5.41, 5.74) is 0.453. The van der Waals surface area contributed by atoms with Crippen molar-refractivity contribution in [2.75, 3.05) is 31.6 Å². The highest BCUT2D eigenvalue weighted by Crippen LogP contribution is 2.26. The summed E-state index contributed by atoms with van der Waals surface area (Å²) in [6, 6.07) is 0. The lowest BCUT2D eigenvalue weighted by Gasteiger charge is -2.23. The molecule has 0 bridgehead atoms. The number of halogens is 1. The van der Waals surface area contributed by atoms with Crippen LogP contribution in [0.15, 0.2) is 17.4 Å². The lowest BCUT2D eigenvalue weighted by Crippen LogP contribution is -2.47. The molecule has 124 valence electrons. The summed E-state index contributed by atoms with van der Waals surface area (Å²) in [5.74, 6) is 3.32. The van der Waals surface area contributed by atoms with E-state index in [4.69, 9.17) is 0 Å². The van der Waals surface area contributed by atoms with Crippen LogP contribution in [0, 0.1) is 6.92 Å². The molecule has 8 heteroatoms. The summed E-state index contributed by atoms with van der Waals surface area (Å²) < 4.78 is 0. The summed E-state index contributed by atoms with van der Waals surface area (Å²) in [5, 5.41) is 16.7. The second-order valence-electron chi connectivity index (χ2n) is 5.31. The lowest BCUT2D eigenvalue weighted by molar-refractivity contribution is 0.0724. The van der Waals surface area contributed by atoms with Crippen molar-refractivity contribution in [3.63, 3.8) is 0 Å². The summed E-state index contributed by atoms with van der Waals surface area (Å²) in [6.07, 6.45) is 5.21. The van der Waals surface area contributed by atoms with Crippen LogP contribution in [0.3, 0.4) is 0 Å². The van der Waals surface area contributed by atoms with Gasteiger partial charge < -0.3 is 15.7 Å². The Morgan fingerprint density at radius 2 is 2.14 bits per heavy atom. The molecular weight excluding hydrogens is 366 g/mol. The second kappa shape index (κ2) is 9.32. The van der Waals surface area contributed by atoms with Crippen LogP contribution in [-0.2, 0) is 6.42 Å².